The van der Waals surface area contributed by atoms with Crippen LogP contribution in [0.3, 0.4) is 0 Å². The predicted octanol–water partition coefficient (Wildman–Crippen LogP) is -1.93. The van der Waals surface area contributed by atoms with E-state index in [1.54, 1.807) is 0 Å². The Morgan fingerprint density at radius 3 is 0.600 bits per heavy atom. The minimum Gasteiger partial charge on any atom is -2.00 e. The van der Waals surface area contributed by atoms with Crippen LogP contribution in [0.2, 0.25) is 0 Å². The van der Waals surface area contributed by atoms with Crippen LogP contribution in [0.1, 0.15) is 0 Å². The monoisotopic (exact) mass is 386 g/mol. The van der Waals surface area contributed by atoms with Crippen LogP contribution in [0, 0.1) is 0 Å². The van der Waals surface area contributed by atoms with E-state index in [2.05, 4.69) is 0 Å². The molecular formula is H8Cu2N2O8S3. The summed E-state index contributed by atoms with van der Waals surface area (Å²) in [6, 6.07) is 0. The maximum atomic E-state index is 8.52. The van der Waals surface area contributed by atoms with E-state index in [4.69, 9.17) is 35.0 Å². The smallest absolute Gasteiger partial charge is 2.00 e. The number of hydrogen-bond donors (Lipinski definition) is 2. The molecule has 15 heavy (non-hydrogen) atoms. The zero-order chi connectivity index (χ0) is 9.00. The minimum atomic E-state index is -5.17. The van der Waals surface area contributed by atoms with Crippen LogP contribution in [0.25, 0.3) is 0 Å². The van der Waals surface area contributed by atoms with Crippen LogP contribution in [-0.4, -0.2) is 35.0 Å². The third-order valence-electron chi connectivity index (χ3n) is 0. The molecule has 15 heteroatoms. The standard InChI is InChI=1S/2Cu.2H3N.2H2O4S.S/c;;;;2*1-5(2,3)4;/h;;2*1H3;2*(H2,1,2,3,4);/q2*+2;;;;;-2/p-2. The molecule has 0 amide bonds. The van der Waals surface area contributed by atoms with Crippen molar-refractivity contribution < 1.29 is 69.2 Å². The Morgan fingerprint density at radius 2 is 0.600 bits per heavy atom. The van der Waals surface area contributed by atoms with Crippen LogP contribution in [0.4, 0.5) is 0 Å². The van der Waals surface area contributed by atoms with Gasteiger partial charge in [0.15, 0.2) is 0 Å². The second kappa shape index (κ2) is 17.4. The zero-order valence-electron chi connectivity index (χ0n) is 7.09. The third kappa shape index (κ3) is 2330. The molecule has 0 aromatic carbocycles. The molecule has 0 saturated heterocycles. The summed E-state index contributed by atoms with van der Waals surface area (Å²) in [5.41, 5.74) is 0. The quantitative estimate of drug-likeness (QED) is 0.269. The van der Waals surface area contributed by atoms with Crippen molar-refractivity contribution in [2.75, 3.05) is 0 Å². The van der Waals surface area contributed by atoms with Crippen molar-refractivity contribution >= 4 is 34.3 Å². The molecule has 0 spiro atoms. The maximum Gasteiger partial charge on any atom is 2.00 e. The van der Waals surface area contributed by atoms with Gasteiger partial charge in [0.05, 0.1) is 0 Å². The van der Waals surface area contributed by atoms with E-state index in [9.17, 15) is 0 Å². The van der Waals surface area contributed by atoms with Gasteiger partial charge in [-0.2, -0.15) is 0 Å². The molecule has 2 radical (unpaired) electrons. The molecule has 0 heterocycles. The van der Waals surface area contributed by atoms with Crippen molar-refractivity contribution in [3.05, 3.63) is 0 Å². The molecule has 8 N–H and O–H groups in total. The number of quaternary nitrogens is 2. The number of hydrogen-bond acceptors (Lipinski definition) is 8. The normalized spacial score (nSPS) is 7.73. The Balaban J connectivity index is -0.0000000128. The summed E-state index contributed by atoms with van der Waals surface area (Å²) in [4.78, 5) is 0. The Bertz CT molecular complexity index is 222. The van der Waals surface area contributed by atoms with Gasteiger partial charge in [0.1, 0.15) is 0 Å². The van der Waals surface area contributed by atoms with E-state index in [0.717, 1.165) is 0 Å². The topological polar surface area (TPSA) is 234 Å². The fourth-order valence-electron chi connectivity index (χ4n) is 0. The van der Waals surface area contributed by atoms with Crippen molar-refractivity contribution in [2.24, 2.45) is 0 Å². The molecule has 106 valence electrons. The van der Waals surface area contributed by atoms with Crippen LogP contribution in [0.15, 0.2) is 0 Å². The summed E-state index contributed by atoms with van der Waals surface area (Å²) < 4.78 is 68.2. The van der Waals surface area contributed by atoms with Gasteiger partial charge < -0.3 is 44.0 Å². The van der Waals surface area contributed by atoms with Gasteiger partial charge in [-0.3, -0.25) is 16.8 Å². The second-order valence-electron chi connectivity index (χ2n) is 0.816. The minimum absolute atomic E-state index is 0. The first-order chi connectivity index (χ1) is 4.00. The van der Waals surface area contributed by atoms with Crippen molar-refractivity contribution in [2.45, 2.75) is 0 Å². The maximum absolute atomic E-state index is 8.52. The molecule has 0 aliphatic rings. The van der Waals surface area contributed by atoms with Crippen LogP contribution in [0.5, 0.6) is 0 Å². The van der Waals surface area contributed by atoms with Crippen molar-refractivity contribution in [3.63, 3.8) is 0 Å². The van der Waals surface area contributed by atoms with Gasteiger partial charge in [0, 0.05) is 20.8 Å². The Labute approximate surface area is 115 Å². The summed E-state index contributed by atoms with van der Waals surface area (Å²) in [7, 11) is -10.3. The third-order valence-corrected chi connectivity index (χ3v) is 0. The molecule has 0 fully saturated rings. The van der Waals surface area contributed by atoms with E-state index in [1.165, 1.54) is 0 Å². The molecule has 0 aromatic rings. The fourth-order valence-corrected chi connectivity index (χ4v) is 0. The molecule has 0 atom stereocenters. The van der Waals surface area contributed by atoms with Gasteiger partial charge in [0.25, 0.3) is 0 Å². The average Bonchev–Trinajstić information content (AvgIpc) is 1.12. The van der Waals surface area contributed by atoms with Gasteiger partial charge in [0.2, 0.25) is 0 Å². The molecule has 0 aliphatic carbocycles. The van der Waals surface area contributed by atoms with Gasteiger partial charge in [-0.25, -0.2) is 0 Å². The first-order valence-electron chi connectivity index (χ1n) is 1.33. The van der Waals surface area contributed by atoms with E-state index in [-0.39, 0.29) is 59.9 Å². The van der Waals surface area contributed by atoms with Crippen LogP contribution in [-0.2, 0) is 68.4 Å². The Kier molecular flexibility index (Phi) is 51.6. The van der Waals surface area contributed by atoms with Gasteiger partial charge >= 0.3 is 34.1 Å². The van der Waals surface area contributed by atoms with Gasteiger partial charge in [-0.05, 0) is 0 Å². The van der Waals surface area contributed by atoms with Crippen molar-refractivity contribution in [3.8, 4) is 0 Å². The average molecular weight is 387 g/mol. The first-order valence-corrected chi connectivity index (χ1v) is 4.00. The summed E-state index contributed by atoms with van der Waals surface area (Å²) >= 11 is 0. The summed E-state index contributed by atoms with van der Waals surface area (Å²) in [5.74, 6) is 0. The van der Waals surface area contributed by atoms with Crippen LogP contribution >= 0.6 is 0 Å². The zero-order valence-corrected chi connectivity index (χ0v) is 11.4. The van der Waals surface area contributed by atoms with Gasteiger partial charge in [-0.1, -0.05) is 0 Å². The molecule has 0 aromatic heterocycles. The van der Waals surface area contributed by atoms with E-state index >= 15 is 0 Å². The largest absolute Gasteiger partial charge is 2.00 e. The molecule has 0 aliphatic heterocycles. The molecule has 10 nitrogen and oxygen atoms in total. The van der Waals surface area contributed by atoms with Gasteiger partial charge in [-0.15, -0.1) is 0 Å². The van der Waals surface area contributed by atoms with Crippen molar-refractivity contribution in [1.82, 2.24) is 12.3 Å². The van der Waals surface area contributed by atoms with E-state index in [0.29, 0.717) is 0 Å². The number of rotatable bonds is 0. The Morgan fingerprint density at radius 1 is 0.600 bits per heavy atom. The fraction of sp³-hybridized carbons (Fsp3) is 0. The molecule has 0 unspecified atom stereocenters. The SMILES string of the molecule is O=S(=O)([O-])[O-].O=S(=O)([O-])[O-].[Cu+2].[Cu+2].[NH4+].[NH4+].[S-2]. The summed E-state index contributed by atoms with van der Waals surface area (Å²) in [6.45, 7) is 0. The summed E-state index contributed by atoms with van der Waals surface area (Å²) in [6.07, 6.45) is 0. The Hall–Kier alpha value is 1.05. The second-order valence-corrected chi connectivity index (χ2v) is 2.45. The molecular weight excluding hydrogens is 379 g/mol. The molecule has 0 rings (SSSR count). The summed E-state index contributed by atoms with van der Waals surface area (Å²) in [5, 5.41) is 0. The molecule has 0 bridgehead atoms. The van der Waals surface area contributed by atoms with E-state index < -0.39 is 20.8 Å². The molecule has 0 saturated carbocycles. The van der Waals surface area contributed by atoms with E-state index in [1.807, 2.05) is 0 Å². The predicted molar refractivity (Wildman–Crippen MR) is 40.3 cm³/mol. The van der Waals surface area contributed by atoms with Crippen LogP contribution < -0.4 is 12.3 Å². The van der Waals surface area contributed by atoms with Crippen molar-refractivity contribution in [1.29, 1.82) is 0 Å². The first kappa shape index (κ1) is 44.4.